The van der Waals surface area contributed by atoms with Crippen LogP contribution in [0.3, 0.4) is 0 Å². The van der Waals surface area contributed by atoms with Gasteiger partial charge in [-0.2, -0.15) is 0 Å². The molecule has 0 fully saturated rings. The number of rotatable bonds is 5. The van der Waals surface area contributed by atoms with Gasteiger partial charge < -0.3 is 10.1 Å². The fourth-order valence-electron chi connectivity index (χ4n) is 1.73. The van der Waals surface area contributed by atoms with Crippen LogP contribution in [0.4, 0.5) is 11.4 Å². The van der Waals surface area contributed by atoms with Crippen molar-refractivity contribution >= 4 is 28.9 Å². The van der Waals surface area contributed by atoms with E-state index in [1.165, 1.54) is 18.2 Å². The summed E-state index contributed by atoms with van der Waals surface area (Å²) in [5, 5.41) is 13.6. The highest BCUT2D eigenvalue weighted by Gasteiger charge is 2.16. The van der Waals surface area contributed by atoms with Gasteiger partial charge in [-0.25, -0.2) is 0 Å². The van der Waals surface area contributed by atoms with Gasteiger partial charge in [-0.05, 0) is 31.2 Å². The van der Waals surface area contributed by atoms with E-state index in [0.29, 0.717) is 5.75 Å². The van der Waals surface area contributed by atoms with E-state index < -0.39 is 10.8 Å². The van der Waals surface area contributed by atoms with Crippen molar-refractivity contribution in [3.8, 4) is 5.75 Å². The summed E-state index contributed by atoms with van der Waals surface area (Å²) in [7, 11) is 0. The molecule has 7 heteroatoms. The average Bonchev–Trinajstić information content (AvgIpc) is 2.48. The molecule has 1 N–H and O–H groups in total. The maximum absolute atomic E-state index is 11.8. The first-order valence-corrected chi connectivity index (χ1v) is 6.77. The molecule has 22 heavy (non-hydrogen) atoms. The molecular weight excluding hydrogens is 308 g/mol. The average molecular weight is 321 g/mol. The summed E-state index contributed by atoms with van der Waals surface area (Å²) in [4.78, 5) is 22.1. The third-order valence-electron chi connectivity index (χ3n) is 2.82. The summed E-state index contributed by atoms with van der Waals surface area (Å²) < 4.78 is 5.31. The van der Waals surface area contributed by atoms with Crippen molar-refractivity contribution in [1.29, 1.82) is 0 Å². The second-order valence-electron chi connectivity index (χ2n) is 4.57. The number of hydrogen-bond donors (Lipinski definition) is 1. The smallest absolute Gasteiger partial charge is 0.294 e. The van der Waals surface area contributed by atoms with E-state index in [1.807, 2.05) is 19.1 Å². The highest BCUT2D eigenvalue weighted by atomic mass is 35.5. The van der Waals surface area contributed by atoms with Crippen LogP contribution in [0, 0.1) is 17.0 Å². The number of nitrogens with zero attached hydrogens (tertiary/aromatic N) is 1. The fraction of sp³-hybridized carbons (Fsp3) is 0.133. The van der Waals surface area contributed by atoms with E-state index in [9.17, 15) is 14.9 Å². The molecule has 0 bridgehead atoms. The molecule has 0 unspecified atom stereocenters. The molecular formula is C15H13ClN2O4. The van der Waals surface area contributed by atoms with Crippen LogP contribution >= 0.6 is 11.6 Å². The van der Waals surface area contributed by atoms with E-state index in [2.05, 4.69) is 5.32 Å². The highest BCUT2D eigenvalue weighted by molar-refractivity contribution is 6.31. The maximum atomic E-state index is 11.8. The lowest BCUT2D eigenvalue weighted by atomic mass is 10.2. The largest absolute Gasteiger partial charge is 0.484 e. The number of ether oxygens (including phenoxy) is 1. The summed E-state index contributed by atoms with van der Waals surface area (Å²) in [5.74, 6) is 0.0531. The molecule has 2 aromatic rings. The normalized spacial score (nSPS) is 10.1. The summed E-state index contributed by atoms with van der Waals surface area (Å²) in [6, 6.07) is 11.2. The minimum atomic E-state index is -0.609. The van der Waals surface area contributed by atoms with Gasteiger partial charge in [-0.3, -0.25) is 14.9 Å². The van der Waals surface area contributed by atoms with Crippen molar-refractivity contribution in [3.63, 3.8) is 0 Å². The maximum Gasteiger partial charge on any atom is 0.294 e. The van der Waals surface area contributed by atoms with Crippen LogP contribution < -0.4 is 10.1 Å². The van der Waals surface area contributed by atoms with Crippen molar-refractivity contribution in [2.45, 2.75) is 6.92 Å². The van der Waals surface area contributed by atoms with E-state index in [-0.39, 0.29) is 23.0 Å². The molecule has 0 aromatic heterocycles. The number of halogens is 1. The lowest BCUT2D eigenvalue weighted by Gasteiger charge is -2.08. The molecule has 0 aliphatic carbocycles. The Hall–Kier alpha value is -2.60. The van der Waals surface area contributed by atoms with Crippen LogP contribution in [0.5, 0.6) is 5.75 Å². The van der Waals surface area contributed by atoms with Crippen molar-refractivity contribution in [2.75, 3.05) is 11.9 Å². The topological polar surface area (TPSA) is 81.5 Å². The quantitative estimate of drug-likeness (QED) is 0.674. The molecule has 114 valence electrons. The van der Waals surface area contributed by atoms with Gasteiger partial charge in [0.1, 0.15) is 11.4 Å². The Morgan fingerprint density at radius 2 is 1.95 bits per heavy atom. The number of nitro groups is 1. The molecule has 0 spiro atoms. The standard InChI is InChI=1S/C15H13ClN2O4/c1-10-2-5-12(6-3-10)22-9-15(19)17-13-7-4-11(16)8-14(13)18(20)21/h2-8H,9H2,1H3,(H,17,19). The zero-order chi connectivity index (χ0) is 16.1. The number of benzene rings is 2. The molecule has 6 nitrogen and oxygen atoms in total. The van der Waals surface area contributed by atoms with Crippen molar-refractivity contribution in [2.24, 2.45) is 0 Å². The molecule has 2 rings (SSSR count). The van der Waals surface area contributed by atoms with Crippen LogP contribution in [-0.2, 0) is 4.79 Å². The minimum Gasteiger partial charge on any atom is -0.484 e. The van der Waals surface area contributed by atoms with E-state index in [0.717, 1.165) is 5.56 Å². The number of carbonyl (C=O) groups excluding carboxylic acids is 1. The minimum absolute atomic E-state index is 0.0758. The monoisotopic (exact) mass is 320 g/mol. The van der Waals surface area contributed by atoms with E-state index >= 15 is 0 Å². The molecule has 0 saturated carbocycles. The number of nitro benzene ring substituents is 1. The molecule has 1 amide bonds. The van der Waals surface area contributed by atoms with Gasteiger partial charge in [0.15, 0.2) is 6.61 Å². The van der Waals surface area contributed by atoms with Gasteiger partial charge in [0.05, 0.1) is 4.92 Å². The first-order valence-electron chi connectivity index (χ1n) is 6.39. The Kier molecular flexibility index (Phi) is 4.95. The van der Waals surface area contributed by atoms with Gasteiger partial charge in [0.2, 0.25) is 0 Å². The van der Waals surface area contributed by atoms with Crippen LogP contribution in [0.2, 0.25) is 5.02 Å². The second kappa shape index (κ2) is 6.91. The fourth-order valence-corrected chi connectivity index (χ4v) is 1.90. The molecule has 0 radical (unpaired) electrons. The van der Waals surface area contributed by atoms with Gasteiger partial charge in [0, 0.05) is 11.1 Å². The van der Waals surface area contributed by atoms with Crippen LogP contribution in [0.25, 0.3) is 0 Å². The summed E-state index contributed by atoms with van der Waals surface area (Å²) >= 11 is 5.71. The lowest BCUT2D eigenvalue weighted by Crippen LogP contribution is -2.20. The number of aryl methyl sites for hydroxylation is 1. The van der Waals surface area contributed by atoms with Crippen LogP contribution in [0.15, 0.2) is 42.5 Å². The number of nitrogens with one attached hydrogen (secondary N) is 1. The number of amides is 1. The van der Waals surface area contributed by atoms with Crippen molar-refractivity contribution in [1.82, 2.24) is 0 Å². The summed E-state index contributed by atoms with van der Waals surface area (Å²) in [6.07, 6.45) is 0. The number of anilines is 1. The second-order valence-corrected chi connectivity index (χ2v) is 5.00. The molecule has 0 saturated heterocycles. The number of carbonyl (C=O) groups is 1. The summed E-state index contributed by atoms with van der Waals surface area (Å²) in [5.41, 5.74) is 0.886. The van der Waals surface area contributed by atoms with Gasteiger partial charge in [-0.15, -0.1) is 0 Å². The molecule has 0 aliphatic rings. The third-order valence-corrected chi connectivity index (χ3v) is 3.06. The molecule has 0 heterocycles. The first-order chi connectivity index (χ1) is 10.5. The predicted molar refractivity (Wildman–Crippen MR) is 83.4 cm³/mol. The Bertz CT molecular complexity index is 701. The van der Waals surface area contributed by atoms with Gasteiger partial charge >= 0.3 is 0 Å². The van der Waals surface area contributed by atoms with E-state index in [4.69, 9.17) is 16.3 Å². The summed E-state index contributed by atoms with van der Waals surface area (Å²) in [6.45, 7) is 1.69. The van der Waals surface area contributed by atoms with Gasteiger partial charge in [0.25, 0.3) is 11.6 Å². The highest BCUT2D eigenvalue weighted by Crippen LogP contribution is 2.27. The first kappa shape index (κ1) is 15.8. The van der Waals surface area contributed by atoms with E-state index in [1.54, 1.807) is 12.1 Å². The third kappa shape index (κ3) is 4.20. The van der Waals surface area contributed by atoms with Crippen molar-refractivity contribution in [3.05, 3.63) is 63.2 Å². The van der Waals surface area contributed by atoms with Crippen LogP contribution in [-0.4, -0.2) is 17.4 Å². The Balaban J connectivity index is 2.00. The molecule has 0 aliphatic heterocycles. The zero-order valence-corrected chi connectivity index (χ0v) is 12.5. The van der Waals surface area contributed by atoms with Gasteiger partial charge in [-0.1, -0.05) is 29.3 Å². The zero-order valence-electron chi connectivity index (χ0n) is 11.7. The lowest BCUT2D eigenvalue weighted by molar-refractivity contribution is -0.383. The number of hydrogen-bond acceptors (Lipinski definition) is 4. The molecule has 2 aromatic carbocycles. The molecule has 0 atom stereocenters. The predicted octanol–water partition coefficient (Wildman–Crippen LogP) is 3.57. The van der Waals surface area contributed by atoms with Crippen molar-refractivity contribution < 1.29 is 14.5 Å². The SMILES string of the molecule is Cc1ccc(OCC(=O)Nc2ccc(Cl)cc2[N+](=O)[O-])cc1. The Morgan fingerprint density at radius 1 is 1.27 bits per heavy atom. The van der Waals surface area contributed by atoms with Crippen LogP contribution in [0.1, 0.15) is 5.56 Å². The Morgan fingerprint density at radius 3 is 2.59 bits per heavy atom. The Labute approximate surface area is 131 Å².